The molecule has 0 aliphatic carbocycles. The van der Waals surface area contributed by atoms with Crippen molar-refractivity contribution in [2.24, 2.45) is 0 Å². The number of ether oxygens (including phenoxy) is 2. The third-order valence-electron chi connectivity index (χ3n) is 6.84. The zero-order valence-electron chi connectivity index (χ0n) is 23.5. The number of nitrogens with one attached hydrogen (secondary N) is 3. The van der Waals surface area contributed by atoms with E-state index in [2.05, 4.69) is 34.2 Å². The van der Waals surface area contributed by atoms with Crippen LogP contribution in [0.25, 0.3) is 0 Å². The minimum atomic E-state index is -3.77. The van der Waals surface area contributed by atoms with E-state index in [-0.39, 0.29) is 16.4 Å². The predicted molar refractivity (Wildman–Crippen MR) is 156 cm³/mol. The lowest BCUT2D eigenvalue weighted by atomic mass is 9.88. The molecule has 3 heterocycles. The van der Waals surface area contributed by atoms with Gasteiger partial charge in [-0.25, -0.2) is 23.2 Å². The molecule has 0 radical (unpaired) electrons. The second-order valence-corrected chi connectivity index (χ2v) is 12.5. The first-order chi connectivity index (χ1) is 19.1. The van der Waals surface area contributed by atoms with Crippen LogP contribution in [0.15, 0.2) is 59.5 Å². The number of methoxy groups -OCH3 is 1. The molecule has 40 heavy (non-hydrogen) atoms. The zero-order chi connectivity index (χ0) is 28.5. The van der Waals surface area contributed by atoms with Gasteiger partial charge in [-0.2, -0.15) is 9.97 Å². The first-order valence-electron chi connectivity index (χ1n) is 13.4. The highest BCUT2D eigenvalue weighted by molar-refractivity contribution is 7.89. The number of aromatic nitrogens is 2. The zero-order valence-corrected chi connectivity index (χ0v) is 24.3. The van der Waals surface area contributed by atoms with Gasteiger partial charge >= 0.3 is 0 Å². The summed E-state index contributed by atoms with van der Waals surface area (Å²) in [6.07, 6.45) is -0.394. The minimum Gasteiger partial charge on any atom is -0.369 e. The van der Waals surface area contributed by atoms with Gasteiger partial charge in [0, 0.05) is 37.2 Å². The van der Waals surface area contributed by atoms with Crippen LogP contribution in [0.3, 0.4) is 0 Å². The molecule has 2 aliphatic rings. The molecule has 0 amide bonds. The quantitative estimate of drug-likeness (QED) is 0.350. The van der Waals surface area contributed by atoms with Crippen molar-refractivity contribution in [3.63, 3.8) is 0 Å². The van der Waals surface area contributed by atoms with Crippen molar-refractivity contribution >= 4 is 39.0 Å². The van der Waals surface area contributed by atoms with Crippen LogP contribution in [-0.4, -0.2) is 69.1 Å². The number of benzene rings is 2. The molecule has 2 aliphatic heterocycles. The number of fused-ring (bicyclic) bond motifs is 1. The number of hydrogen-bond acceptors (Lipinski definition) is 10. The fourth-order valence-corrected chi connectivity index (χ4v) is 6.42. The summed E-state index contributed by atoms with van der Waals surface area (Å²) in [6.45, 7) is 10.1. The summed E-state index contributed by atoms with van der Waals surface area (Å²) in [5.41, 5.74) is 1.91. The molecule has 3 N–H and O–H groups in total. The molecule has 1 saturated heterocycles. The Morgan fingerprint density at radius 2 is 1.85 bits per heavy atom. The van der Waals surface area contributed by atoms with Gasteiger partial charge in [-0.05, 0) is 38.1 Å². The van der Waals surface area contributed by atoms with E-state index in [4.69, 9.17) is 19.4 Å². The highest BCUT2D eigenvalue weighted by Crippen LogP contribution is 2.43. The molecule has 0 bridgehead atoms. The van der Waals surface area contributed by atoms with E-state index in [1.165, 1.54) is 0 Å². The molecule has 1 unspecified atom stereocenters. The number of rotatable bonds is 9. The van der Waals surface area contributed by atoms with Crippen LogP contribution in [0.4, 0.5) is 29.0 Å². The number of hydrazine groups is 1. The Labute approximate surface area is 235 Å². The minimum absolute atomic E-state index is 0.150. The second-order valence-electron chi connectivity index (χ2n) is 10.8. The third kappa shape index (κ3) is 5.77. The average Bonchev–Trinajstić information content (AvgIpc) is 3.23. The van der Waals surface area contributed by atoms with Crippen molar-refractivity contribution in [3.8, 4) is 0 Å². The van der Waals surface area contributed by atoms with Gasteiger partial charge in [0.25, 0.3) is 0 Å². The van der Waals surface area contributed by atoms with Crippen LogP contribution < -0.4 is 20.4 Å². The molecule has 1 fully saturated rings. The summed E-state index contributed by atoms with van der Waals surface area (Å²) in [4.78, 5) is 10.2. The van der Waals surface area contributed by atoms with E-state index < -0.39 is 16.3 Å². The number of morpholine rings is 1. The molecule has 11 nitrogen and oxygen atoms in total. The van der Waals surface area contributed by atoms with Crippen LogP contribution in [0.2, 0.25) is 0 Å². The highest BCUT2D eigenvalue weighted by Gasteiger charge is 2.37. The van der Waals surface area contributed by atoms with E-state index in [0.717, 1.165) is 11.3 Å². The van der Waals surface area contributed by atoms with Crippen molar-refractivity contribution in [1.82, 2.24) is 19.7 Å². The van der Waals surface area contributed by atoms with Gasteiger partial charge in [0.15, 0.2) is 6.29 Å². The van der Waals surface area contributed by atoms with Gasteiger partial charge in [0.2, 0.25) is 16.0 Å². The molecule has 2 aromatic carbocycles. The summed E-state index contributed by atoms with van der Waals surface area (Å²) in [7, 11) is -2.14. The fraction of sp³-hybridized carbons (Fsp3) is 0.429. The van der Waals surface area contributed by atoms with E-state index in [1.807, 2.05) is 35.3 Å². The van der Waals surface area contributed by atoms with E-state index in [9.17, 15) is 8.42 Å². The molecule has 214 valence electrons. The average molecular weight is 568 g/mol. The molecule has 0 saturated carbocycles. The van der Waals surface area contributed by atoms with Crippen molar-refractivity contribution in [1.29, 1.82) is 0 Å². The summed E-state index contributed by atoms with van der Waals surface area (Å²) in [5.74, 6) is 1.69. The van der Waals surface area contributed by atoms with Gasteiger partial charge in [0.1, 0.15) is 16.5 Å². The number of sulfonamides is 1. The standard InChI is InChI=1S/C28H37N7O4S/c1-19(2)33-40(36,37)22-14-10-9-13-21(22)30-26-24-25(29-18-28(24,3)4)31-27(32-26)35(20-11-7-6-8-12-20)34-15-16-39-23(17-34)38-5/h6-14,19,23,33H,15-18H2,1-5H3,(H2,29,30,31,32). The van der Waals surface area contributed by atoms with Gasteiger partial charge < -0.3 is 20.1 Å². The molecular weight excluding hydrogens is 530 g/mol. The van der Waals surface area contributed by atoms with Crippen LogP contribution in [0.5, 0.6) is 0 Å². The SMILES string of the molecule is COC1CN(N(c2ccccc2)c2nc3c(c(Nc4ccccc4S(=O)(=O)NC(C)C)n2)C(C)(C)CN3)CCO1. The number of hydrogen-bond donors (Lipinski definition) is 3. The largest absolute Gasteiger partial charge is 0.369 e. The normalized spacial score (nSPS) is 18.8. The number of nitrogens with zero attached hydrogens (tertiary/aromatic N) is 4. The Morgan fingerprint density at radius 1 is 1.12 bits per heavy atom. The second kappa shape index (κ2) is 11.3. The first kappa shape index (κ1) is 28.2. The van der Waals surface area contributed by atoms with Crippen molar-refractivity contribution in [2.75, 3.05) is 49.0 Å². The molecule has 1 aromatic heterocycles. The van der Waals surface area contributed by atoms with E-state index >= 15 is 0 Å². The Balaban J connectivity index is 1.63. The Bertz CT molecular complexity index is 1450. The summed E-state index contributed by atoms with van der Waals surface area (Å²) < 4.78 is 40.3. The molecule has 0 spiro atoms. The molecule has 12 heteroatoms. The maximum Gasteiger partial charge on any atom is 0.249 e. The van der Waals surface area contributed by atoms with Gasteiger partial charge in [0.05, 0.1) is 24.5 Å². The topological polar surface area (TPSA) is 121 Å². The summed E-state index contributed by atoms with van der Waals surface area (Å²) in [5, 5.41) is 10.9. The van der Waals surface area contributed by atoms with Crippen molar-refractivity contribution in [3.05, 3.63) is 60.2 Å². The molecule has 1 atom stereocenters. The van der Waals surface area contributed by atoms with Crippen LogP contribution in [0.1, 0.15) is 33.3 Å². The summed E-state index contributed by atoms with van der Waals surface area (Å²) >= 11 is 0. The van der Waals surface area contributed by atoms with Crippen LogP contribution >= 0.6 is 0 Å². The first-order valence-corrected chi connectivity index (χ1v) is 14.9. The van der Waals surface area contributed by atoms with Crippen molar-refractivity contribution < 1.29 is 17.9 Å². The van der Waals surface area contributed by atoms with Gasteiger partial charge in [-0.1, -0.05) is 44.2 Å². The predicted octanol–water partition coefficient (Wildman–Crippen LogP) is 3.97. The van der Waals surface area contributed by atoms with E-state index in [0.29, 0.717) is 49.5 Å². The lowest BCUT2D eigenvalue weighted by molar-refractivity contribution is -0.164. The molecular formula is C28H37N7O4S. The third-order valence-corrected chi connectivity index (χ3v) is 8.56. The molecule has 3 aromatic rings. The maximum atomic E-state index is 13.2. The Kier molecular flexibility index (Phi) is 7.98. The van der Waals surface area contributed by atoms with Crippen molar-refractivity contribution in [2.45, 2.75) is 50.3 Å². The monoisotopic (exact) mass is 567 g/mol. The lowest BCUT2D eigenvalue weighted by Gasteiger charge is -2.39. The smallest absolute Gasteiger partial charge is 0.249 e. The fourth-order valence-electron chi connectivity index (χ4n) is 5.01. The maximum absolute atomic E-state index is 13.2. The number of anilines is 5. The molecule has 5 rings (SSSR count). The van der Waals surface area contributed by atoms with E-state index in [1.54, 1.807) is 45.2 Å². The van der Waals surface area contributed by atoms with Gasteiger partial charge in [-0.15, -0.1) is 0 Å². The van der Waals surface area contributed by atoms with Gasteiger partial charge in [-0.3, -0.25) is 0 Å². The lowest BCUT2D eigenvalue weighted by Crippen LogP contribution is -2.51. The Morgan fingerprint density at radius 3 is 2.58 bits per heavy atom. The Hall–Kier alpha value is -3.29. The van der Waals surface area contributed by atoms with Crippen LogP contribution in [-0.2, 0) is 24.9 Å². The number of para-hydroxylation sites is 2. The van der Waals surface area contributed by atoms with Crippen LogP contribution in [0, 0.1) is 0 Å². The highest BCUT2D eigenvalue weighted by atomic mass is 32.2. The summed E-state index contributed by atoms with van der Waals surface area (Å²) in [6, 6.07) is 16.5.